The van der Waals surface area contributed by atoms with E-state index in [1.54, 1.807) is 0 Å². The van der Waals surface area contributed by atoms with Gasteiger partial charge in [0.1, 0.15) is 0 Å². The maximum atomic E-state index is 10.1. The summed E-state index contributed by atoms with van der Waals surface area (Å²) in [5.41, 5.74) is 4.99. The standard InChI is InChI=1S/C10H22N2O/c1-2-7-12-8-3-4-10(13,9-12)5-6-11/h13H,2-9,11H2,1H3. The normalized spacial score (nSPS) is 30.7. The third-order valence-corrected chi connectivity index (χ3v) is 2.78. The van der Waals surface area contributed by atoms with Crippen molar-refractivity contribution in [2.75, 3.05) is 26.2 Å². The summed E-state index contributed by atoms with van der Waals surface area (Å²) in [6.45, 7) is 5.83. The Labute approximate surface area is 80.9 Å². The second-order valence-corrected chi connectivity index (χ2v) is 4.14. The molecule has 1 aliphatic rings. The lowest BCUT2D eigenvalue weighted by molar-refractivity contribution is -0.0348. The first kappa shape index (κ1) is 11.0. The number of nitrogens with two attached hydrogens (primary N) is 1. The summed E-state index contributed by atoms with van der Waals surface area (Å²) in [5.74, 6) is 0. The molecule has 0 bridgehead atoms. The number of piperidine rings is 1. The molecule has 1 aliphatic heterocycles. The van der Waals surface area contributed by atoms with Crippen molar-refractivity contribution in [3.05, 3.63) is 0 Å². The highest BCUT2D eigenvalue weighted by atomic mass is 16.3. The average Bonchev–Trinajstić information content (AvgIpc) is 2.04. The number of hydrogen-bond donors (Lipinski definition) is 2. The number of aliphatic hydroxyl groups is 1. The van der Waals surface area contributed by atoms with Crippen molar-refractivity contribution in [3.8, 4) is 0 Å². The van der Waals surface area contributed by atoms with Crippen LogP contribution in [0.5, 0.6) is 0 Å². The smallest absolute Gasteiger partial charge is 0.0786 e. The number of nitrogens with zero attached hydrogens (tertiary/aromatic N) is 1. The van der Waals surface area contributed by atoms with E-state index in [9.17, 15) is 5.11 Å². The van der Waals surface area contributed by atoms with Gasteiger partial charge in [-0.25, -0.2) is 0 Å². The zero-order valence-electron chi connectivity index (χ0n) is 8.63. The highest BCUT2D eigenvalue weighted by molar-refractivity contribution is 4.86. The number of hydrogen-bond acceptors (Lipinski definition) is 3. The van der Waals surface area contributed by atoms with E-state index in [0.717, 1.165) is 38.9 Å². The second kappa shape index (κ2) is 4.94. The number of likely N-dealkylation sites (tertiary alicyclic amines) is 1. The molecule has 0 spiro atoms. The zero-order chi connectivity index (χ0) is 9.73. The van der Waals surface area contributed by atoms with Crippen molar-refractivity contribution in [1.82, 2.24) is 4.90 Å². The van der Waals surface area contributed by atoms with Gasteiger partial charge in [0.05, 0.1) is 5.60 Å². The van der Waals surface area contributed by atoms with Crippen LogP contribution >= 0.6 is 0 Å². The lowest BCUT2D eigenvalue weighted by Gasteiger charge is -2.39. The van der Waals surface area contributed by atoms with Gasteiger partial charge in [-0.1, -0.05) is 6.92 Å². The molecule has 0 aromatic heterocycles. The minimum Gasteiger partial charge on any atom is -0.389 e. The van der Waals surface area contributed by atoms with Crippen molar-refractivity contribution in [2.24, 2.45) is 5.73 Å². The fourth-order valence-corrected chi connectivity index (χ4v) is 2.19. The van der Waals surface area contributed by atoms with Gasteiger partial charge in [0.15, 0.2) is 0 Å². The molecule has 1 unspecified atom stereocenters. The van der Waals surface area contributed by atoms with Crippen LogP contribution < -0.4 is 5.73 Å². The molecule has 13 heavy (non-hydrogen) atoms. The molecular weight excluding hydrogens is 164 g/mol. The van der Waals surface area contributed by atoms with E-state index in [1.807, 2.05) is 0 Å². The Hall–Kier alpha value is -0.120. The summed E-state index contributed by atoms with van der Waals surface area (Å²) in [7, 11) is 0. The topological polar surface area (TPSA) is 49.5 Å². The van der Waals surface area contributed by atoms with Crippen molar-refractivity contribution < 1.29 is 5.11 Å². The average molecular weight is 186 g/mol. The van der Waals surface area contributed by atoms with Crippen LogP contribution in [0.25, 0.3) is 0 Å². The van der Waals surface area contributed by atoms with Gasteiger partial charge < -0.3 is 15.7 Å². The molecule has 0 amide bonds. The maximum absolute atomic E-state index is 10.1. The van der Waals surface area contributed by atoms with Crippen LogP contribution in [0.15, 0.2) is 0 Å². The second-order valence-electron chi connectivity index (χ2n) is 4.14. The molecule has 0 aliphatic carbocycles. The van der Waals surface area contributed by atoms with Gasteiger partial charge in [0.2, 0.25) is 0 Å². The van der Waals surface area contributed by atoms with Crippen molar-refractivity contribution in [3.63, 3.8) is 0 Å². The molecule has 1 atom stereocenters. The third kappa shape index (κ3) is 3.25. The molecule has 78 valence electrons. The van der Waals surface area contributed by atoms with Gasteiger partial charge in [-0.15, -0.1) is 0 Å². The molecule has 1 rings (SSSR count). The van der Waals surface area contributed by atoms with Crippen molar-refractivity contribution in [2.45, 2.75) is 38.2 Å². The van der Waals surface area contributed by atoms with Gasteiger partial charge in [-0.3, -0.25) is 0 Å². The molecule has 3 nitrogen and oxygen atoms in total. The number of β-amino-alcohol motifs (C(OH)–C–C–N with tert-alkyl or cyclic N) is 1. The Morgan fingerprint density at radius 2 is 2.31 bits per heavy atom. The van der Waals surface area contributed by atoms with Crippen LogP contribution in [0, 0.1) is 0 Å². The van der Waals surface area contributed by atoms with Crippen LogP contribution in [-0.4, -0.2) is 41.8 Å². The minimum absolute atomic E-state index is 0.498. The van der Waals surface area contributed by atoms with E-state index in [0.29, 0.717) is 6.54 Å². The van der Waals surface area contributed by atoms with E-state index < -0.39 is 5.60 Å². The molecule has 1 heterocycles. The van der Waals surface area contributed by atoms with E-state index in [-0.39, 0.29) is 0 Å². The largest absolute Gasteiger partial charge is 0.389 e. The van der Waals surface area contributed by atoms with E-state index in [4.69, 9.17) is 5.73 Å². The van der Waals surface area contributed by atoms with Crippen molar-refractivity contribution in [1.29, 1.82) is 0 Å². The fourth-order valence-electron chi connectivity index (χ4n) is 2.19. The Balaban J connectivity index is 2.39. The van der Waals surface area contributed by atoms with Crippen LogP contribution in [0.3, 0.4) is 0 Å². The lowest BCUT2D eigenvalue weighted by atomic mass is 9.89. The highest BCUT2D eigenvalue weighted by Crippen LogP contribution is 2.23. The summed E-state index contributed by atoms with van der Waals surface area (Å²) in [5, 5.41) is 10.1. The highest BCUT2D eigenvalue weighted by Gasteiger charge is 2.31. The molecule has 3 N–H and O–H groups in total. The van der Waals surface area contributed by atoms with Crippen LogP contribution in [0.2, 0.25) is 0 Å². The van der Waals surface area contributed by atoms with Crippen LogP contribution in [0.1, 0.15) is 32.6 Å². The summed E-state index contributed by atoms with van der Waals surface area (Å²) < 4.78 is 0. The molecule has 0 radical (unpaired) electrons. The van der Waals surface area contributed by atoms with Gasteiger partial charge in [0.25, 0.3) is 0 Å². The minimum atomic E-state index is -0.498. The van der Waals surface area contributed by atoms with Gasteiger partial charge in [0, 0.05) is 6.54 Å². The SMILES string of the molecule is CCCN1CCCC(O)(CCN)C1. The van der Waals surface area contributed by atoms with Crippen LogP contribution in [0.4, 0.5) is 0 Å². The summed E-state index contributed by atoms with van der Waals surface area (Å²) in [4.78, 5) is 2.35. The first-order valence-electron chi connectivity index (χ1n) is 5.35. The molecule has 0 aromatic rings. The Kier molecular flexibility index (Phi) is 4.16. The summed E-state index contributed by atoms with van der Waals surface area (Å²) in [6.07, 6.45) is 3.94. The first-order chi connectivity index (χ1) is 6.20. The third-order valence-electron chi connectivity index (χ3n) is 2.78. The summed E-state index contributed by atoms with van der Waals surface area (Å²) in [6, 6.07) is 0. The van der Waals surface area contributed by atoms with E-state index >= 15 is 0 Å². The summed E-state index contributed by atoms with van der Waals surface area (Å²) >= 11 is 0. The van der Waals surface area contributed by atoms with E-state index in [2.05, 4.69) is 11.8 Å². The Morgan fingerprint density at radius 3 is 2.92 bits per heavy atom. The number of rotatable bonds is 4. The predicted molar refractivity (Wildman–Crippen MR) is 54.6 cm³/mol. The molecular formula is C10H22N2O. The van der Waals surface area contributed by atoms with Gasteiger partial charge in [-0.2, -0.15) is 0 Å². The Morgan fingerprint density at radius 1 is 1.54 bits per heavy atom. The zero-order valence-corrected chi connectivity index (χ0v) is 8.63. The molecule has 1 fully saturated rings. The molecule has 0 saturated carbocycles. The van der Waals surface area contributed by atoms with Crippen LogP contribution in [-0.2, 0) is 0 Å². The Bertz CT molecular complexity index is 146. The molecule has 0 aromatic carbocycles. The quantitative estimate of drug-likeness (QED) is 0.675. The van der Waals surface area contributed by atoms with Gasteiger partial charge in [-0.05, 0) is 45.3 Å². The predicted octanol–water partition coefficient (Wildman–Crippen LogP) is 0.572. The fraction of sp³-hybridized carbons (Fsp3) is 1.00. The lowest BCUT2D eigenvalue weighted by Crippen LogP contribution is -2.49. The first-order valence-corrected chi connectivity index (χ1v) is 5.35. The molecule has 3 heteroatoms. The maximum Gasteiger partial charge on any atom is 0.0786 e. The van der Waals surface area contributed by atoms with Crippen molar-refractivity contribution >= 4 is 0 Å². The van der Waals surface area contributed by atoms with E-state index in [1.165, 1.54) is 6.42 Å². The molecule has 1 saturated heterocycles. The van der Waals surface area contributed by atoms with Gasteiger partial charge >= 0.3 is 0 Å². The monoisotopic (exact) mass is 186 g/mol.